The van der Waals surface area contributed by atoms with E-state index in [2.05, 4.69) is 15.6 Å². The molecule has 0 aliphatic carbocycles. The van der Waals surface area contributed by atoms with E-state index in [0.29, 0.717) is 17.8 Å². The van der Waals surface area contributed by atoms with E-state index < -0.39 is 17.8 Å². The van der Waals surface area contributed by atoms with Crippen LogP contribution >= 0.6 is 0 Å². The number of amides is 2. The molecule has 0 atom stereocenters. The Kier molecular flexibility index (Phi) is 8.00. The van der Waals surface area contributed by atoms with Crippen molar-refractivity contribution in [2.45, 2.75) is 13.8 Å². The number of benzene rings is 2. The largest absolute Gasteiger partial charge is 0.481 e. The lowest BCUT2D eigenvalue weighted by molar-refractivity contribution is 0.0697. The Bertz CT molecular complexity index is 1320. The number of nitrogen functional groups attached to an aromatic ring is 1. The van der Waals surface area contributed by atoms with Gasteiger partial charge < -0.3 is 26.2 Å². The molecule has 0 unspecified atom stereocenters. The van der Waals surface area contributed by atoms with Crippen molar-refractivity contribution < 1.29 is 24.2 Å². The van der Waals surface area contributed by atoms with Gasteiger partial charge in [-0.1, -0.05) is 19.9 Å². The number of carboxylic acid groups (broad SMARTS) is 1. The number of rotatable bonds is 9. The number of hydrogen-bond acceptors (Lipinski definition) is 6. The summed E-state index contributed by atoms with van der Waals surface area (Å²) in [6.45, 7) is 4.35. The molecule has 0 spiro atoms. The van der Waals surface area contributed by atoms with Gasteiger partial charge in [0.25, 0.3) is 11.8 Å². The second-order valence-electron chi connectivity index (χ2n) is 8.36. The summed E-state index contributed by atoms with van der Waals surface area (Å²) in [5.41, 5.74) is 6.83. The summed E-state index contributed by atoms with van der Waals surface area (Å²) in [6.07, 6.45) is 0. The molecule has 0 aliphatic rings. The number of carbonyl (C=O) groups excluding carboxylic acids is 2. The molecule has 1 aromatic heterocycles. The zero-order chi connectivity index (χ0) is 26.4. The van der Waals surface area contributed by atoms with E-state index in [1.54, 1.807) is 30.3 Å². The van der Waals surface area contributed by atoms with Crippen LogP contribution in [0.1, 0.15) is 50.6 Å². The first-order valence-electron chi connectivity index (χ1n) is 11.1. The van der Waals surface area contributed by atoms with E-state index in [-0.39, 0.29) is 45.6 Å². The molecule has 2 aromatic carbocycles. The van der Waals surface area contributed by atoms with Crippen molar-refractivity contribution in [3.05, 3.63) is 77.0 Å². The van der Waals surface area contributed by atoms with Gasteiger partial charge in [0.05, 0.1) is 12.7 Å². The Hall–Kier alpha value is -4.73. The van der Waals surface area contributed by atoms with Gasteiger partial charge >= 0.3 is 5.97 Å². The maximum atomic E-state index is 13.2. The fraction of sp³-hybridized carbons (Fsp3) is 0.192. The Morgan fingerprint density at radius 2 is 1.64 bits per heavy atom. The standard InChI is InChI=1S/C26H27N5O5/c1-14(2)13-29-24(32)16-6-9-18(20(12-16)26(34)35)19-10-11-21(36-3)31-22(19)25(33)30-17-7-4-15(5-8-17)23(27)28/h4-12,14H,13H2,1-3H3,(H3,27,28)(H,29,32)(H,30,33)(H,34,35). The summed E-state index contributed by atoms with van der Waals surface area (Å²) in [7, 11) is 1.40. The molecule has 2 amide bonds. The van der Waals surface area contributed by atoms with Gasteiger partial charge in [-0.05, 0) is 53.9 Å². The van der Waals surface area contributed by atoms with Gasteiger partial charge in [0, 0.05) is 35.0 Å². The normalized spacial score (nSPS) is 10.6. The average molecular weight is 490 g/mol. The van der Waals surface area contributed by atoms with Gasteiger partial charge in [-0.3, -0.25) is 15.0 Å². The highest BCUT2D eigenvalue weighted by molar-refractivity contribution is 6.10. The van der Waals surface area contributed by atoms with Gasteiger partial charge in [-0.15, -0.1) is 0 Å². The van der Waals surface area contributed by atoms with Crippen molar-refractivity contribution in [3.63, 3.8) is 0 Å². The number of amidine groups is 1. The minimum atomic E-state index is -1.26. The van der Waals surface area contributed by atoms with Gasteiger partial charge in [-0.25, -0.2) is 9.78 Å². The highest BCUT2D eigenvalue weighted by atomic mass is 16.5. The number of aromatic nitrogens is 1. The molecule has 36 heavy (non-hydrogen) atoms. The van der Waals surface area contributed by atoms with E-state index in [1.165, 1.54) is 31.4 Å². The molecular formula is C26H27N5O5. The third-order valence-corrected chi connectivity index (χ3v) is 5.22. The van der Waals surface area contributed by atoms with Crippen LogP contribution in [0.5, 0.6) is 5.88 Å². The lowest BCUT2D eigenvalue weighted by Crippen LogP contribution is -2.27. The van der Waals surface area contributed by atoms with Crippen LogP contribution in [-0.2, 0) is 0 Å². The SMILES string of the molecule is COc1ccc(-c2ccc(C(=O)NCC(C)C)cc2C(=O)O)c(C(=O)Nc2ccc(C(=N)N)cc2)n1. The molecule has 0 radical (unpaired) electrons. The van der Waals surface area contributed by atoms with Crippen molar-refractivity contribution in [2.24, 2.45) is 11.7 Å². The molecule has 3 aromatic rings. The molecule has 0 fully saturated rings. The van der Waals surface area contributed by atoms with Gasteiger partial charge in [0.1, 0.15) is 11.5 Å². The first kappa shape index (κ1) is 25.9. The average Bonchev–Trinajstić information content (AvgIpc) is 2.86. The van der Waals surface area contributed by atoms with Crippen LogP contribution < -0.4 is 21.1 Å². The second kappa shape index (κ2) is 11.1. The number of carbonyl (C=O) groups is 3. The zero-order valence-corrected chi connectivity index (χ0v) is 20.1. The molecule has 0 aliphatic heterocycles. The quantitative estimate of drug-likeness (QED) is 0.227. The highest BCUT2D eigenvalue weighted by Crippen LogP contribution is 2.30. The zero-order valence-electron chi connectivity index (χ0n) is 20.1. The van der Waals surface area contributed by atoms with E-state index >= 15 is 0 Å². The molecular weight excluding hydrogens is 462 g/mol. The molecule has 10 heteroatoms. The molecule has 10 nitrogen and oxygen atoms in total. The lowest BCUT2D eigenvalue weighted by atomic mass is 9.95. The number of pyridine rings is 1. The van der Waals surface area contributed by atoms with Crippen LogP contribution in [0.15, 0.2) is 54.6 Å². The number of hydrogen-bond donors (Lipinski definition) is 5. The molecule has 0 saturated carbocycles. The first-order valence-corrected chi connectivity index (χ1v) is 11.1. The van der Waals surface area contributed by atoms with Crippen molar-refractivity contribution in [2.75, 3.05) is 19.0 Å². The summed E-state index contributed by atoms with van der Waals surface area (Å²) < 4.78 is 5.16. The van der Waals surface area contributed by atoms with E-state index in [9.17, 15) is 19.5 Å². The summed E-state index contributed by atoms with van der Waals surface area (Å²) >= 11 is 0. The number of nitrogens with zero attached hydrogens (tertiary/aromatic N) is 1. The summed E-state index contributed by atoms with van der Waals surface area (Å²) in [5.74, 6) is -1.96. The Morgan fingerprint density at radius 3 is 2.22 bits per heavy atom. The molecule has 1 heterocycles. The maximum Gasteiger partial charge on any atom is 0.336 e. The van der Waals surface area contributed by atoms with Crippen LogP contribution in [0.4, 0.5) is 5.69 Å². The fourth-order valence-corrected chi connectivity index (χ4v) is 3.36. The monoisotopic (exact) mass is 489 g/mol. The summed E-state index contributed by atoms with van der Waals surface area (Å²) in [5, 5.41) is 22.8. The van der Waals surface area contributed by atoms with Crippen LogP contribution in [0.25, 0.3) is 11.1 Å². The Labute approximate surface area is 208 Å². The molecule has 0 bridgehead atoms. The van der Waals surface area contributed by atoms with Crippen molar-refractivity contribution in [1.82, 2.24) is 10.3 Å². The number of carboxylic acids is 1. The second-order valence-corrected chi connectivity index (χ2v) is 8.36. The number of aromatic carboxylic acids is 1. The minimum absolute atomic E-state index is 0.0653. The van der Waals surface area contributed by atoms with Crippen molar-refractivity contribution in [1.29, 1.82) is 5.41 Å². The number of methoxy groups -OCH3 is 1. The molecule has 6 N–H and O–H groups in total. The van der Waals surface area contributed by atoms with Crippen LogP contribution in [-0.4, -0.2) is 47.4 Å². The predicted octanol–water partition coefficient (Wildman–Crippen LogP) is 3.38. The highest BCUT2D eigenvalue weighted by Gasteiger charge is 2.22. The van der Waals surface area contributed by atoms with Gasteiger partial charge in [0.15, 0.2) is 0 Å². The van der Waals surface area contributed by atoms with Gasteiger partial charge in [0.2, 0.25) is 5.88 Å². The maximum absolute atomic E-state index is 13.2. The number of nitrogens with two attached hydrogens (primary N) is 1. The smallest absolute Gasteiger partial charge is 0.336 e. The third-order valence-electron chi connectivity index (χ3n) is 5.22. The lowest BCUT2D eigenvalue weighted by Gasteiger charge is -2.14. The summed E-state index contributed by atoms with van der Waals surface area (Å²) in [6, 6.07) is 13.7. The van der Waals surface area contributed by atoms with Crippen LogP contribution in [0, 0.1) is 11.3 Å². The number of nitrogens with one attached hydrogen (secondary N) is 3. The number of ether oxygens (including phenoxy) is 1. The summed E-state index contributed by atoms with van der Waals surface area (Å²) in [4.78, 5) is 42.0. The van der Waals surface area contributed by atoms with Crippen LogP contribution in [0.3, 0.4) is 0 Å². The fourth-order valence-electron chi connectivity index (χ4n) is 3.36. The molecule has 3 rings (SSSR count). The first-order chi connectivity index (χ1) is 17.1. The van der Waals surface area contributed by atoms with Crippen molar-refractivity contribution >= 4 is 29.3 Å². The predicted molar refractivity (Wildman–Crippen MR) is 136 cm³/mol. The third kappa shape index (κ3) is 6.03. The Morgan fingerprint density at radius 1 is 1.00 bits per heavy atom. The minimum Gasteiger partial charge on any atom is -0.481 e. The van der Waals surface area contributed by atoms with E-state index in [4.69, 9.17) is 15.9 Å². The van der Waals surface area contributed by atoms with E-state index in [0.717, 1.165) is 0 Å². The van der Waals surface area contributed by atoms with Gasteiger partial charge in [-0.2, -0.15) is 0 Å². The topological polar surface area (TPSA) is 167 Å². The van der Waals surface area contributed by atoms with E-state index in [1.807, 2.05) is 13.8 Å². The van der Waals surface area contributed by atoms with Crippen LogP contribution in [0.2, 0.25) is 0 Å². The molecule has 0 saturated heterocycles. The van der Waals surface area contributed by atoms with Crippen molar-refractivity contribution in [3.8, 4) is 17.0 Å². The Balaban J connectivity index is 2.02. The number of anilines is 1. The molecule has 186 valence electrons.